The van der Waals surface area contributed by atoms with E-state index in [9.17, 15) is 48.9 Å². The second-order valence-electron chi connectivity index (χ2n) is 17.7. The number of carbonyl (C=O) groups is 7. The molecular weight excluding hydrogens is 865 g/mol. The van der Waals surface area contributed by atoms with Crippen LogP contribution in [-0.2, 0) is 35.2 Å². The molecule has 372 valence electrons. The van der Waals surface area contributed by atoms with Crippen LogP contribution in [0.4, 0.5) is 10.5 Å². The lowest BCUT2D eigenvalue weighted by molar-refractivity contribution is -0.140. The van der Waals surface area contributed by atoms with Gasteiger partial charge in [0.05, 0.1) is 26.2 Å². The van der Waals surface area contributed by atoms with Gasteiger partial charge < -0.3 is 47.2 Å². The van der Waals surface area contributed by atoms with Crippen molar-refractivity contribution in [3.05, 3.63) is 42.0 Å². The van der Waals surface area contributed by atoms with Crippen molar-refractivity contribution < 1.29 is 48.9 Å². The van der Waals surface area contributed by atoms with E-state index in [-0.39, 0.29) is 87.9 Å². The van der Waals surface area contributed by atoms with Gasteiger partial charge in [0.25, 0.3) is 0 Å². The molecule has 1 aliphatic carbocycles. The highest BCUT2D eigenvalue weighted by Gasteiger charge is 2.30. The Bertz CT molecular complexity index is 1900. The lowest BCUT2D eigenvalue weighted by atomic mass is 9.81. The average molecular weight is 939 g/mol. The van der Waals surface area contributed by atoms with E-state index in [4.69, 9.17) is 0 Å². The monoisotopic (exact) mass is 939 g/mol. The van der Waals surface area contributed by atoms with E-state index in [1.807, 2.05) is 55.3 Å². The summed E-state index contributed by atoms with van der Waals surface area (Å²) in [6.07, 6.45) is 6.06. The number of amides is 5. The number of anilines is 1. The van der Waals surface area contributed by atoms with Crippen LogP contribution in [0.25, 0.3) is 10.8 Å². The second kappa shape index (κ2) is 29.2. The van der Waals surface area contributed by atoms with Gasteiger partial charge in [0.15, 0.2) is 0 Å². The number of carboxylic acids is 3. The molecule has 1 saturated carbocycles. The third-order valence-electron chi connectivity index (χ3n) is 12.4. The summed E-state index contributed by atoms with van der Waals surface area (Å²) in [7, 11) is 1.85. The topological polar surface area (TPSA) is 265 Å². The summed E-state index contributed by atoms with van der Waals surface area (Å²) < 4.78 is 0. The molecule has 1 aliphatic heterocycles. The third-order valence-corrected chi connectivity index (χ3v) is 12.4. The van der Waals surface area contributed by atoms with Crippen molar-refractivity contribution in [3.63, 3.8) is 0 Å². The Morgan fingerprint density at radius 2 is 1.16 bits per heavy atom. The Morgan fingerprint density at radius 3 is 1.70 bits per heavy atom. The van der Waals surface area contributed by atoms with Gasteiger partial charge in [-0.2, -0.15) is 0 Å². The molecule has 2 fully saturated rings. The molecule has 1 saturated heterocycles. The standard InChI is InChI=1S/C47H74N10O10/c1-3-15-50-47(67)51-17-8-4-7-16-49-46(66)40(28-35-26-37-9-5-6-10-38(37)39(27-35)48-2)53-45(65)36-13-11-34(12-14-36)29-52-41(58)30-54-18-20-55(31-42(59)60)22-24-57(33-44(63)64)25-23-56(21-19-54)32-43(61)62/h5-6,9-10,26-27,34,36,40,48H,3-4,7-8,11-25,28-33H2,1-2H3,(H,49,66)(H,52,58)(H,53,65)(H,59,60)(H,61,62)(H,63,64)(H2,50,51,67)/t34?,36?,40-/m1/s1. The number of hydrogen-bond donors (Lipinski definition) is 9. The van der Waals surface area contributed by atoms with Gasteiger partial charge in [0.2, 0.25) is 17.7 Å². The predicted molar refractivity (Wildman–Crippen MR) is 255 cm³/mol. The number of carbonyl (C=O) groups excluding carboxylic acids is 4. The van der Waals surface area contributed by atoms with E-state index in [1.54, 1.807) is 14.7 Å². The minimum absolute atomic E-state index is 0.0240. The minimum Gasteiger partial charge on any atom is -0.480 e. The number of unbranched alkanes of at least 4 members (excludes halogenated alkanes) is 2. The van der Waals surface area contributed by atoms with E-state index in [0.717, 1.165) is 47.7 Å². The highest BCUT2D eigenvalue weighted by Crippen LogP contribution is 2.29. The molecule has 67 heavy (non-hydrogen) atoms. The van der Waals surface area contributed by atoms with Gasteiger partial charge >= 0.3 is 23.9 Å². The van der Waals surface area contributed by atoms with E-state index >= 15 is 0 Å². The summed E-state index contributed by atoms with van der Waals surface area (Å²) in [5, 5.41) is 48.6. The fourth-order valence-corrected chi connectivity index (χ4v) is 8.63. The molecule has 0 aromatic heterocycles. The number of rotatable bonds is 24. The molecule has 5 amide bonds. The SMILES string of the molecule is CCCNC(=O)NCCCCCNC(=O)[C@@H](Cc1cc(NC)c2ccccc2c1)NC(=O)C1CCC(CNC(=O)CN2CCN(CC(=O)O)CCN(CC(=O)O)CCN(CC(=O)O)CC2)CC1. The van der Waals surface area contributed by atoms with Crippen LogP contribution in [0, 0.1) is 11.8 Å². The van der Waals surface area contributed by atoms with Crippen LogP contribution in [0.15, 0.2) is 36.4 Å². The van der Waals surface area contributed by atoms with Gasteiger partial charge in [-0.3, -0.25) is 48.4 Å². The Balaban J connectivity index is 1.30. The number of aliphatic carboxylic acids is 3. The number of nitrogens with zero attached hydrogens (tertiary/aromatic N) is 4. The number of carboxylic acid groups (broad SMARTS) is 3. The first kappa shape index (κ1) is 54.0. The van der Waals surface area contributed by atoms with Crippen molar-refractivity contribution in [3.8, 4) is 0 Å². The lowest BCUT2D eigenvalue weighted by Crippen LogP contribution is -2.50. The maximum Gasteiger partial charge on any atom is 0.317 e. The Labute approximate surface area is 393 Å². The van der Waals surface area contributed by atoms with Crippen LogP contribution in [0.5, 0.6) is 0 Å². The third kappa shape index (κ3) is 20.5. The first-order valence-electron chi connectivity index (χ1n) is 23.8. The summed E-state index contributed by atoms with van der Waals surface area (Å²) in [5.74, 6) is -3.88. The van der Waals surface area contributed by atoms with Crippen molar-refractivity contribution >= 4 is 58.1 Å². The number of nitrogens with one attached hydrogen (secondary N) is 6. The summed E-state index contributed by atoms with van der Waals surface area (Å²) in [5.41, 5.74) is 1.83. The van der Waals surface area contributed by atoms with Crippen LogP contribution in [0.1, 0.15) is 63.9 Å². The maximum atomic E-state index is 13.8. The zero-order valence-corrected chi connectivity index (χ0v) is 39.4. The van der Waals surface area contributed by atoms with Crippen molar-refractivity contribution in [1.82, 2.24) is 46.2 Å². The van der Waals surface area contributed by atoms with Crippen LogP contribution >= 0.6 is 0 Å². The fraction of sp³-hybridized carbons (Fsp3) is 0.638. The van der Waals surface area contributed by atoms with E-state index in [2.05, 4.69) is 31.9 Å². The molecular formula is C47H74N10O10. The number of benzene rings is 2. The largest absolute Gasteiger partial charge is 0.480 e. The molecule has 2 aromatic rings. The van der Waals surface area contributed by atoms with Crippen molar-refractivity contribution in [2.45, 2.75) is 70.8 Å². The second-order valence-corrected chi connectivity index (χ2v) is 17.7. The number of hydrogen-bond acceptors (Lipinski definition) is 12. The molecule has 0 unspecified atom stereocenters. The zero-order valence-electron chi connectivity index (χ0n) is 39.4. The van der Waals surface area contributed by atoms with Crippen LogP contribution < -0.4 is 31.9 Å². The van der Waals surface area contributed by atoms with Crippen LogP contribution in [0.3, 0.4) is 0 Å². The predicted octanol–water partition coefficient (Wildman–Crippen LogP) is 1.30. The Morgan fingerprint density at radius 1 is 0.642 bits per heavy atom. The van der Waals surface area contributed by atoms with Gasteiger partial charge in [0, 0.05) is 109 Å². The summed E-state index contributed by atoms with van der Waals surface area (Å²) in [6.45, 7) is 5.74. The molecule has 9 N–H and O–H groups in total. The molecule has 2 aliphatic rings. The van der Waals surface area contributed by atoms with E-state index in [0.29, 0.717) is 84.5 Å². The van der Waals surface area contributed by atoms with Gasteiger partial charge in [-0.05, 0) is 74.3 Å². The molecule has 0 radical (unpaired) electrons. The highest BCUT2D eigenvalue weighted by atomic mass is 16.4. The first-order chi connectivity index (χ1) is 32.2. The highest BCUT2D eigenvalue weighted by molar-refractivity contribution is 5.95. The summed E-state index contributed by atoms with van der Waals surface area (Å²) >= 11 is 0. The fourth-order valence-electron chi connectivity index (χ4n) is 8.63. The molecule has 0 bridgehead atoms. The molecule has 4 rings (SSSR count). The van der Waals surface area contributed by atoms with Crippen LogP contribution in [0.2, 0.25) is 0 Å². The normalized spacial score (nSPS) is 18.7. The maximum absolute atomic E-state index is 13.8. The minimum atomic E-state index is -1.03. The van der Waals surface area contributed by atoms with Gasteiger partial charge in [-0.1, -0.05) is 37.3 Å². The quantitative estimate of drug-likeness (QED) is 0.0672. The molecule has 1 heterocycles. The zero-order chi connectivity index (χ0) is 48.6. The molecule has 2 aromatic carbocycles. The molecule has 20 nitrogen and oxygen atoms in total. The average Bonchev–Trinajstić information content (AvgIpc) is 3.29. The smallest absolute Gasteiger partial charge is 0.317 e. The van der Waals surface area contributed by atoms with Gasteiger partial charge in [-0.25, -0.2) is 4.79 Å². The number of fused-ring (bicyclic) bond motifs is 1. The lowest BCUT2D eigenvalue weighted by Gasteiger charge is -2.33. The first-order valence-corrected chi connectivity index (χ1v) is 23.8. The van der Waals surface area contributed by atoms with Crippen molar-refractivity contribution in [2.75, 3.05) is 117 Å². The number of urea groups is 1. The summed E-state index contributed by atoms with van der Waals surface area (Å²) in [6, 6.07) is 11.1. The molecule has 1 atom stereocenters. The molecule has 0 spiro atoms. The van der Waals surface area contributed by atoms with Crippen molar-refractivity contribution in [1.29, 1.82) is 0 Å². The van der Waals surface area contributed by atoms with E-state index < -0.39 is 23.9 Å². The van der Waals surface area contributed by atoms with E-state index in [1.165, 1.54) is 0 Å². The van der Waals surface area contributed by atoms with Crippen LogP contribution in [-0.4, -0.2) is 194 Å². The van der Waals surface area contributed by atoms with Gasteiger partial charge in [-0.15, -0.1) is 0 Å². The Hall–Kier alpha value is -5.57. The molecule has 20 heteroatoms. The van der Waals surface area contributed by atoms with Crippen molar-refractivity contribution in [2.24, 2.45) is 11.8 Å². The van der Waals surface area contributed by atoms with Gasteiger partial charge in [0.1, 0.15) is 6.04 Å². The Kier molecular flexibility index (Phi) is 23.6. The summed E-state index contributed by atoms with van der Waals surface area (Å²) in [4.78, 5) is 94.6.